The molecule has 0 aromatic heterocycles. The van der Waals surface area contributed by atoms with Crippen LogP contribution in [0.3, 0.4) is 0 Å². The van der Waals surface area contributed by atoms with Crippen LogP contribution in [-0.4, -0.2) is 18.2 Å². The summed E-state index contributed by atoms with van der Waals surface area (Å²) in [4.78, 5) is 25.7. The number of carbonyl (C=O) groups is 2. The van der Waals surface area contributed by atoms with E-state index in [-0.39, 0.29) is 28.8 Å². The quantitative estimate of drug-likeness (QED) is 0.848. The Morgan fingerprint density at radius 1 is 1.26 bits per heavy atom. The predicted molar refractivity (Wildman–Crippen MR) is 98.7 cm³/mol. The maximum absolute atomic E-state index is 14.7. The highest BCUT2D eigenvalue weighted by Crippen LogP contribution is 2.47. The number of amides is 1. The van der Waals surface area contributed by atoms with Gasteiger partial charge in [-0.15, -0.1) is 0 Å². The van der Waals surface area contributed by atoms with Gasteiger partial charge in [0.05, 0.1) is 5.92 Å². The molecule has 2 aliphatic rings. The van der Waals surface area contributed by atoms with E-state index in [2.05, 4.69) is 10.6 Å². The van der Waals surface area contributed by atoms with Gasteiger partial charge in [0.2, 0.25) is 5.91 Å². The molecule has 1 aromatic rings. The molecular weight excluding hydrogens is 350 g/mol. The standard InChI is InChI=1S/C21H24F2N2O2/c1-5-24-20(27)16-11(2)25-14-9-21(3,4)10-15(26)18(14)19(16)17-12(22)7-6-8-13(17)23/h6-8,19,25H,5,9-10H2,1-4H3,(H,24,27). The van der Waals surface area contributed by atoms with Crippen LogP contribution in [0.1, 0.15) is 52.0 Å². The molecule has 6 heteroatoms. The van der Waals surface area contributed by atoms with Gasteiger partial charge in [0.1, 0.15) is 11.6 Å². The lowest BCUT2D eigenvalue weighted by molar-refractivity contribution is -0.118. The van der Waals surface area contributed by atoms with Gasteiger partial charge >= 0.3 is 0 Å². The minimum atomic E-state index is -1.06. The van der Waals surface area contributed by atoms with Gasteiger partial charge < -0.3 is 10.6 Å². The van der Waals surface area contributed by atoms with Crippen molar-refractivity contribution in [2.45, 2.75) is 46.5 Å². The molecule has 0 radical (unpaired) electrons. The Morgan fingerprint density at radius 2 is 1.89 bits per heavy atom. The Labute approximate surface area is 157 Å². The van der Waals surface area contributed by atoms with E-state index in [1.165, 1.54) is 6.07 Å². The molecule has 1 aromatic carbocycles. The van der Waals surface area contributed by atoms with Crippen molar-refractivity contribution in [2.24, 2.45) is 5.41 Å². The number of likely N-dealkylation sites (N-methyl/N-ethyl adjacent to an activating group) is 1. The zero-order chi connectivity index (χ0) is 19.9. The Bertz CT molecular complexity index is 864. The second-order valence-electron chi connectivity index (χ2n) is 7.92. The molecule has 1 aliphatic heterocycles. The van der Waals surface area contributed by atoms with Crippen molar-refractivity contribution < 1.29 is 18.4 Å². The third kappa shape index (κ3) is 3.40. The fourth-order valence-electron chi connectivity index (χ4n) is 4.07. The first-order valence-electron chi connectivity index (χ1n) is 9.12. The number of hydrogen-bond donors (Lipinski definition) is 2. The number of benzene rings is 1. The van der Waals surface area contributed by atoms with Crippen LogP contribution < -0.4 is 10.6 Å². The van der Waals surface area contributed by atoms with Crippen molar-refractivity contribution in [1.82, 2.24) is 10.6 Å². The van der Waals surface area contributed by atoms with Gasteiger partial charge in [-0.1, -0.05) is 19.9 Å². The minimum absolute atomic E-state index is 0.185. The number of Topliss-reactive ketones (excluding diaryl/α,β-unsaturated/α-hetero) is 1. The van der Waals surface area contributed by atoms with Crippen LogP contribution in [-0.2, 0) is 9.59 Å². The number of halogens is 2. The fraction of sp³-hybridized carbons (Fsp3) is 0.429. The van der Waals surface area contributed by atoms with Crippen LogP contribution in [0.25, 0.3) is 0 Å². The molecule has 144 valence electrons. The summed E-state index contributed by atoms with van der Waals surface area (Å²) in [5, 5.41) is 5.86. The molecule has 1 amide bonds. The molecule has 4 nitrogen and oxygen atoms in total. The predicted octanol–water partition coefficient (Wildman–Crippen LogP) is 3.70. The van der Waals surface area contributed by atoms with Gasteiger partial charge in [0.25, 0.3) is 0 Å². The first-order chi connectivity index (χ1) is 12.7. The summed E-state index contributed by atoms with van der Waals surface area (Å²) in [6, 6.07) is 3.59. The largest absolute Gasteiger partial charge is 0.362 e. The number of dihydropyridines is 1. The number of rotatable bonds is 3. The van der Waals surface area contributed by atoms with Crippen LogP contribution in [0.15, 0.2) is 40.7 Å². The third-order valence-electron chi connectivity index (χ3n) is 5.11. The van der Waals surface area contributed by atoms with Gasteiger partial charge in [-0.25, -0.2) is 8.78 Å². The summed E-state index contributed by atoms with van der Waals surface area (Å²) < 4.78 is 29.3. The monoisotopic (exact) mass is 374 g/mol. The van der Waals surface area contributed by atoms with E-state index in [1.54, 1.807) is 13.8 Å². The number of carbonyl (C=O) groups excluding carboxylic acids is 2. The first kappa shape index (κ1) is 19.3. The van der Waals surface area contributed by atoms with Gasteiger partial charge in [-0.3, -0.25) is 9.59 Å². The molecule has 1 heterocycles. The highest BCUT2D eigenvalue weighted by atomic mass is 19.1. The van der Waals surface area contributed by atoms with Crippen molar-refractivity contribution in [1.29, 1.82) is 0 Å². The van der Waals surface area contributed by atoms with Crippen molar-refractivity contribution in [3.63, 3.8) is 0 Å². The Morgan fingerprint density at radius 3 is 2.48 bits per heavy atom. The van der Waals surface area contributed by atoms with Gasteiger partial charge in [0, 0.05) is 41.1 Å². The average Bonchev–Trinajstić information content (AvgIpc) is 2.52. The van der Waals surface area contributed by atoms with Crippen LogP contribution in [0, 0.1) is 17.0 Å². The van der Waals surface area contributed by atoms with Gasteiger partial charge in [-0.05, 0) is 37.8 Å². The Hall–Kier alpha value is -2.50. The summed E-state index contributed by atoms with van der Waals surface area (Å²) in [5.41, 5.74) is 1.13. The highest BCUT2D eigenvalue weighted by molar-refractivity contribution is 6.05. The molecule has 0 saturated carbocycles. The summed E-state index contributed by atoms with van der Waals surface area (Å²) >= 11 is 0. The Kier molecular flexibility index (Phi) is 4.93. The first-order valence-corrected chi connectivity index (χ1v) is 9.12. The lowest BCUT2D eigenvalue weighted by Gasteiger charge is -2.39. The molecule has 1 atom stereocenters. The molecule has 0 bridgehead atoms. The molecule has 0 spiro atoms. The number of hydrogen-bond acceptors (Lipinski definition) is 3. The lowest BCUT2D eigenvalue weighted by atomic mass is 9.68. The van der Waals surface area contributed by atoms with E-state index in [9.17, 15) is 18.4 Å². The van der Waals surface area contributed by atoms with E-state index in [0.29, 0.717) is 29.9 Å². The van der Waals surface area contributed by atoms with Gasteiger partial charge in [0.15, 0.2) is 5.78 Å². The van der Waals surface area contributed by atoms with E-state index < -0.39 is 23.5 Å². The molecule has 27 heavy (non-hydrogen) atoms. The lowest BCUT2D eigenvalue weighted by Crippen LogP contribution is -2.41. The van der Waals surface area contributed by atoms with Crippen LogP contribution in [0.4, 0.5) is 8.78 Å². The molecule has 1 aliphatic carbocycles. The SMILES string of the molecule is CCNC(=O)C1=C(C)NC2=C(C(=O)CC(C)(C)C2)C1c1c(F)cccc1F. The van der Waals surface area contributed by atoms with E-state index in [0.717, 1.165) is 12.1 Å². The minimum Gasteiger partial charge on any atom is -0.362 e. The normalized spacial score (nSPS) is 21.7. The van der Waals surface area contributed by atoms with E-state index in [4.69, 9.17) is 0 Å². The van der Waals surface area contributed by atoms with Gasteiger partial charge in [-0.2, -0.15) is 0 Å². The molecule has 2 N–H and O–H groups in total. The summed E-state index contributed by atoms with van der Waals surface area (Å²) in [5.74, 6) is -3.20. The van der Waals surface area contributed by atoms with Crippen molar-refractivity contribution in [3.05, 3.63) is 57.9 Å². The van der Waals surface area contributed by atoms with E-state index in [1.807, 2.05) is 13.8 Å². The maximum Gasteiger partial charge on any atom is 0.249 e. The maximum atomic E-state index is 14.7. The topological polar surface area (TPSA) is 58.2 Å². The van der Waals surface area contributed by atoms with Crippen molar-refractivity contribution >= 4 is 11.7 Å². The average molecular weight is 374 g/mol. The zero-order valence-electron chi connectivity index (χ0n) is 16.0. The highest BCUT2D eigenvalue weighted by Gasteiger charge is 2.44. The number of ketones is 1. The molecule has 3 rings (SSSR count). The van der Waals surface area contributed by atoms with Crippen LogP contribution in [0.5, 0.6) is 0 Å². The second kappa shape index (κ2) is 6.91. The summed E-state index contributed by atoms with van der Waals surface area (Å²) in [6.07, 6.45) is 0.836. The third-order valence-corrected chi connectivity index (χ3v) is 5.11. The van der Waals surface area contributed by atoms with Crippen molar-refractivity contribution in [2.75, 3.05) is 6.54 Å². The molecule has 0 saturated heterocycles. The summed E-state index contributed by atoms with van der Waals surface area (Å²) in [6.45, 7) is 7.80. The van der Waals surface area contributed by atoms with E-state index >= 15 is 0 Å². The molecule has 0 fully saturated rings. The van der Waals surface area contributed by atoms with Crippen molar-refractivity contribution in [3.8, 4) is 0 Å². The zero-order valence-corrected chi connectivity index (χ0v) is 16.0. The van der Waals surface area contributed by atoms with Crippen LogP contribution in [0.2, 0.25) is 0 Å². The number of nitrogens with one attached hydrogen (secondary N) is 2. The molecule has 1 unspecified atom stereocenters. The van der Waals surface area contributed by atoms with Crippen LogP contribution >= 0.6 is 0 Å². The molecular formula is C21H24F2N2O2. The smallest absolute Gasteiger partial charge is 0.249 e. The second-order valence-corrected chi connectivity index (χ2v) is 7.92. The fourth-order valence-corrected chi connectivity index (χ4v) is 4.07. The Balaban J connectivity index is 2.26. The number of allylic oxidation sites excluding steroid dienone is 3. The summed E-state index contributed by atoms with van der Waals surface area (Å²) in [7, 11) is 0.